The molecule has 0 atom stereocenters. The van der Waals surface area contributed by atoms with E-state index in [0.717, 1.165) is 5.56 Å². The average Bonchev–Trinajstić information content (AvgIpc) is 2.48. The van der Waals surface area contributed by atoms with Gasteiger partial charge < -0.3 is 4.74 Å². The fourth-order valence-corrected chi connectivity index (χ4v) is 2.14. The SMILES string of the molecule is N#CCc1ccc(OCc2ccc(Br)c([N+](=O)[O-])c2)cc1. The zero-order valence-corrected chi connectivity index (χ0v) is 12.5. The summed E-state index contributed by atoms with van der Waals surface area (Å²) in [5, 5.41) is 19.4. The lowest BCUT2D eigenvalue weighted by Gasteiger charge is -2.07. The Balaban J connectivity index is 2.04. The summed E-state index contributed by atoms with van der Waals surface area (Å²) in [6.45, 7) is 0.242. The van der Waals surface area contributed by atoms with Crippen LogP contribution in [0, 0.1) is 21.4 Å². The van der Waals surface area contributed by atoms with Gasteiger partial charge in [-0.25, -0.2) is 0 Å². The standard InChI is InChI=1S/C15H11BrN2O3/c16-14-6-3-12(9-15(14)18(19)20)10-21-13-4-1-11(2-5-13)7-8-17/h1-6,9H,7,10H2. The molecule has 0 N–H and O–H groups in total. The lowest BCUT2D eigenvalue weighted by molar-refractivity contribution is -0.385. The number of nitro benzene ring substituents is 1. The first-order valence-electron chi connectivity index (χ1n) is 6.11. The molecule has 5 nitrogen and oxygen atoms in total. The van der Waals surface area contributed by atoms with Crippen molar-refractivity contribution in [1.82, 2.24) is 0 Å². The Hall–Kier alpha value is -2.39. The van der Waals surface area contributed by atoms with Gasteiger partial charge >= 0.3 is 0 Å². The highest BCUT2D eigenvalue weighted by Crippen LogP contribution is 2.26. The molecule has 0 amide bonds. The minimum Gasteiger partial charge on any atom is -0.489 e. The summed E-state index contributed by atoms with van der Waals surface area (Å²) in [5.41, 5.74) is 1.65. The van der Waals surface area contributed by atoms with Crippen LogP contribution >= 0.6 is 15.9 Å². The Morgan fingerprint density at radius 3 is 2.48 bits per heavy atom. The summed E-state index contributed by atoms with van der Waals surface area (Å²) in [6, 6.07) is 14.2. The second-order valence-electron chi connectivity index (χ2n) is 4.31. The topological polar surface area (TPSA) is 76.2 Å². The summed E-state index contributed by atoms with van der Waals surface area (Å²) in [4.78, 5) is 10.4. The number of hydrogen-bond donors (Lipinski definition) is 0. The van der Waals surface area contributed by atoms with E-state index in [0.29, 0.717) is 22.2 Å². The van der Waals surface area contributed by atoms with E-state index in [1.807, 2.05) is 12.1 Å². The molecule has 0 bridgehead atoms. The van der Waals surface area contributed by atoms with Gasteiger partial charge in [0.25, 0.3) is 5.69 Å². The maximum Gasteiger partial charge on any atom is 0.283 e. The molecular weight excluding hydrogens is 336 g/mol. The number of rotatable bonds is 5. The van der Waals surface area contributed by atoms with Crippen molar-refractivity contribution in [2.75, 3.05) is 0 Å². The molecule has 2 aromatic rings. The van der Waals surface area contributed by atoms with Crippen molar-refractivity contribution in [1.29, 1.82) is 5.26 Å². The quantitative estimate of drug-likeness (QED) is 0.605. The van der Waals surface area contributed by atoms with Gasteiger partial charge in [-0.2, -0.15) is 5.26 Å². The van der Waals surface area contributed by atoms with E-state index < -0.39 is 4.92 Å². The Labute approximate surface area is 130 Å². The normalized spacial score (nSPS) is 9.90. The molecule has 0 heterocycles. The number of nitro groups is 1. The first-order valence-corrected chi connectivity index (χ1v) is 6.91. The van der Waals surface area contributed by atoms with Crippen molar-refractivity contribution in [2.24, 2.45) is 0 Å². The summed E-state index contributed by atoms with van der Waals surface area (Å²) < 4.78 is 6.02. The Morgan fingerprint density at radius 2 is 1.86 bits per heavy atom. The van der Waals surface area contributed by atoms with E-state index in [-0.39, 0.29) is 12.3 Å². The minimum absolute atomic E-state index is 0.0143. The molecule has 0 saturated heterocycles. The molecule has 0 radical (unpaired) electrons. The molecule has 0 aliphatic carbocycles. The van der Waals surface area contributed by atoms with E-state index in [1.54, 1.807) is 24.3 Å². The molecule has 2 rings (SSSR count). The van der Waals surface area contributed by atoms with Crippen LogP contribution < -0.4 is 4.74 Å². The molecule has 0 fully saturated rings. The highest BCUT2D eigenvalue weighted by molar-refractivity contribution is 9.10. The van der Waals surface area contributed by atoms with Crippen molar-refractivity contribution < 1.29 is 9.66 Å². The molecule has 6 heteroatoms. The number of halogens is 1. The number of nitrogens with zero attached hydrogens (tertiary/aromatic N) is 2. The predicted molar refractivity (Wildman–Crippen MR) is 80.9 cm³/mol. The zero-order chi connectivity index (χ0) is 15.2. The van der Waals surface area contributed by atoms with E-state index in [1.165, 1.54) is 6.07 Å². The largest absolute Gasteiger partial charge is 0.489 e. The fourth-order valence-electron chi connectivity index (χ4n) is 1.75. The molecule has 2 aromatic carbocycles. The van der Waals surface area contributed by atoms with E-state index >= 15 is 0 Å². The molecule has 0 aliphatic rings. The number of benzene rings is 2. The third-order valence-electron chi connectivity index (χ3n) is 2.82. The maximum atomic E-state index is 10.9. The molecular formula is C15H11BrN2O3. The Morgan fingerprint density at radius 1 is 1.19 bits per heavy atom. The molecule has 0 aliphatic heterocycles. The van der Waals surface area contributed by atoms with Crippen molar-refractivity contribution in [2.45, 2.75) is 13.0 Å². The second-order valence-corrected chi connectivity index (χ2v) is 5.16. The van der Waals surface area contributed by atoms with E-state index in [9.17, 15) is 10.1 Å². The fraction of sp³-hybridized carbons (Fsp3) is 0.133. The number of hydrogen-bond acceptors (Lipinski definition) is 4. The van der Waals surface area contributed by atoms with E-state index in [4.69, 9.17) is 10.00 Å². The molecule has 106 valence electrons. The van der Waals surface area contributed by atoms with E-state index in [2.05, 4.69) is 22.0 Å². The van der Waals surface area contributed by atoms with Crippen LogP contribution in [0.3, 0.4) is 0 Å². The van der Waals surface area contributed by atoms with Crippen molar-refractivity contribution in [3.05, 3.63) is 68.2 Å². The maximum absolute atomic E-state index is 10.9. The third-order valence-corrected chi connectivity index (χ3v) is 3.49. The van der Waals surface area contributed by atoms with Crippen LogP contribution in [-0.2, 0) is 13.0 Å². The Bertz CT molecular complexity index is 693. The zero-order valence-electron chi connectivity index (χ0n) is 11.0. The van der Waals surface area contributed by atoms with Gasteiger partial charge in [0.15, 0.2) is 0 Å². The van der Waals surface area contributed by atoms with Gasteiger partial charge in [0.1, 0.15) is 12.4 Å². The van der Waals surface area contributed by atoms with Crippen LogP contribution in [0.25, 0.3) is 0 Å². The summed E-state index contributed by atoms with van der Waals surface area (Å²) in [7, 11) is 0. The van der Waals surface area contributed by atoms with Crippen LogP contribution in [0.1, 0.15) is 11.1 Å². The predicted octanol–water partition coefficient (Wildman–Crippen LogP) is 4.00. The average molecular weight is 347 g/mol. The van der Waals surface area contributed by atoms with Crippen LogP contribution in [0.5, 0.6) is 5.75 Å². The first kappa shape index (κ1) is 15.0. The second kappa shape index (κ2) is 6.86. The summed E-state index contributed by atoms with van der Waals surface area (Å²) in [5.74, 6) is 0.655. The smallest absolute Gasteiger partial charge is 0.283 e. The third kappa shape index (κ3) is 4.04. The summed E-state index contributed by atoms with van der Waals surface area (Å²) in [6.07, 6.45) is 0.360. The van der Waals surface area contributed by atoms with Gasteiger partial charge in [-0.15, -0.1) is 0 Å². The van der Waals surface area contributed by atoms with Gasteiger partial charge in [0.05, 0.1) is 21.9 Å². The van der Waals surface area contributed by atoms with Gasteiger partial charge in [-0.3, -0.25) is 10.1 Å². The molecule has 21 heavy (non-hydrogen) atoms. The molecule has 0 aromatic heterocycles. The van der Waals surface area contributed by atoms with Gasteiger partial charge in [0, 0.05) is 6.07 Å². The molecule has 0 unspecified atom stereocenters. The number of ether oxygens (including phenoxy) is 1. The van der Waals surface area contributed by atoms with Crippen molar-refractivity contribution >= 4 is 21.6 Å². The van der Waals surface area contributed by atoms with Crippen molar-refractivity contribution in [3.8, 4) is 11.8 Å². The minimum atomic E-state index is -0.440. The highest BCUT2D eigenvalue weighted by atomic mass is 79.9. The van der Waals surface area contributed by atoms with Crippen LogP contribution in [-0.4, -0.2) is 4.92 Å². The van der Waals surface area contributed by atoms with Gasteiger partial charge in [-0.1, -0.05) is 18.2 Å². The molecule has 0 saturated carbocycles. The first-order chi connectivity index (χ1) is 10.1. The lowest BCUT2D eigenvalue weighted by Crippen LogP contribution is -1.97. The van der Waals surface area contributed by atoms with Crippen LogP contribution in [0.2, 0.25) is 0 Å². The van der Waals surface area contributed by atoms with Crippen molar-refractivity contribution in [3.63, 3.8) is 0 Å². The molecule has 0 spiro atoms. The summed E-state index contributed by atoms with van der Waals surface area (Å²) >= 11 is 3.14. The van der Waals surface area contributed by atoms with Gasteiger partial charge in [0.2, 0.25) is 0 Å². The van der Waals surface area contributed by atoms with Gasteiger partial charge in [-0.05, 0) is 45.3 Å². The highest BCUT2D eigenvalue weighted by Gasteiger charge is 2.12. The lowest BCUT2D eigenvalue weighted by atomic mass is 10.1. The monoisotopic (exact) mass is 346 g/mol. The van der Waals surface area contributed by atoms with Crippen LogP contribution in [0.15, 0.2) is 46.9 Å². The van der Waals surface area contributed by atoms with Crippen LogP contribution in [0.4, 0.5) is 5.69 Å². The Kier molecular flexibility index (Phi) is 4.90. The number of nitriles is 1.